The van der Waals surface area contributed by atoms with Gasteiger partial charge in [0.2, 0.25) is 5.91 Å². The topological polar surface area (TPSA) is 75.7 Å². The van der Waals surface area contributed by atoms with E-state index in [0.29, 0.717) is 23.7 Å². The molecule has 1 N–H and O–H groups in total. The Kier molecular flexibility index (Phi) is 6.31. The molecule has 2 amide bonds. The van der Waals surface area contributed by atoms with E-state index in [1.54, 1.807) is 42.2 Å². The highest BCUT2D eigenvalue weighted by Crippen LogP contribution is 2.26. The van der Waals surface area contributed by atoms with Crippen LogP contribution in [0.1, 0.15) is 41.7 Å². The van der Waals surface area contributed by atoms with Gasteiger partial charge in [-0.1, -0.05) is 41.9 Å². The largest absolute Gasteiger partial charge is 0.452 e. The second kappa shape index (κ2) is 8.89. The number of anilines is 1. The van der Waals surface area contributed by atoms with Gasteiger partial charge in [0.1, 0.15) is 0 Å². The summed E-state index contributed by atoms with van der Waals surface area (Å²) < 4.78 is 5.17. The van der Waals surface area contributed by atoms with Crippen molar-refractivity contribution in [1.29, 1.82) is 0 Å². The Bertz CT molecular complexity index is 899. The van der Waals surface area contributed by atoms with Gasteiger partial charge in [0.25, 0.3) is 5.91 Å². The van der Waals surface area contributed by atoms with Crippen LogP contribution in [0.5, 0.6) is 0 Å². The van der Waals surface area contributed by atoms with Crippen LogP contribution in [0.15, 0.2) is 48.5 Å². The molecule has 0 spiro atoms. The summed E-state index contributed by atoms with van der Waals surface area (Å²) >= 11 is 6.13. The molecule has 28 heavy (non-hydrogen) atoms. The molecule has 1 atom stereocenters. The summed E-state index contributed by atoms with van der Waals surface area (Å²) in [6, 6.07) is 13.6. The number of nitrogens with one attached hydrogen (secondary N) is 1. The predicted molar refractivity (Wildman–Crippen MR) is 106 cm³/mol. The summed E-state index contributed by atoms with van der Waals surface area (Å²) in [4.78, 5) is 38.2. The molecule has 0 radical (unpaired) electrons. The third-order valence-electron chi connectivity index (χ3n) is 4.57. The van der Waals surface area contributed by atoms with Crippen molar-refractivity contribution in [2.24, 2.45) is 0 Å². The molecular formula is C21H21ClN2O4. The van der Waals surface area contributed by atoms with Crippen molar-refractivity contribution in [2.45, 2.75) is 25.8 Å². The van der Waals surface area contributed by atoms with Gasteiger partial charge in [-0.2, -0.15) is 0 Å². The van der Waals surface area contributed by atoms with Crippen LogP contribution in [-0.2, 0) is 14.3 Å². The average molecular weight is 401 g/mol. The number of carbonyl (C=O) groups excluding carboxylic acids is 3. The summed E-state index contributed by atoms with van der Waals surface area (Å²) in [7, 11) is 0. The molecule has 0 unspecified atom stereocenters. The Morgan fingerprint density at radius 1 is 1.18 bits per heavy atom. The number of ether oxygens (including phenoxy) is 1. The van der Waals surface area contributed by atoms with Crippen LogP contribution in [0.4, 0.5) is 5.69 Å². The van der Waals surface area contributed by atoms with Gasteiger partial charge in [-0.3, -0.25) is 9.59 Å². The molecule has 6 nitrogen and oxygen atoms in total. The van der Waals surface area contributed by atoms with E-state index in [2.05, 4.69) is 5.32 Å². The lowest BCUT2D eigenvalue weighted by Gasteiger charge is -2.19. The first-order chi connectivity index (χ1) is 13.5. The maximum absolute atomic E-state index is 12.5. The zero-order chi connectivity index (χ0) is 20.1. The highest BCUT2D eigenvalue weighted by Gasteiger charge is 2.26. The molecule has 0 aromatic heterocycles. The van der Waals surface area contributed by atoms with Crippen molar-refractivity contribution in [2.75, 3.05) is 18.1 Å². The Morgan fingerprint density at radius 3 is 2.61 bits per heavy atom. The Morgan fingerprint density at radius 2 is 1.89 bits per heavy atom. The van der Waals surface area contributed by atoms with Gasteiger partial charge in [-0.05, 0) is 37.1 Å². The lowest BCUT2D eigenvalue weighted by atomic mass is 10.1. The second-order valence-corrected chi connectivity index (χ2v) is 6.96. The number of hydrogen-bond acceptors (Lipinski definition) is 4. The van der Waals surface area contributed by atoms with Crippen LogP contribution in [-0.4, -0.2) is 30.9 Å². The minimum absolute atomic E-state index is 0.0217. The molecule has 7 heteroatoms. The van der Waals surface area contributed by atoms with E-state index >= 15 is 0 Å². The van der Waals surface area contributed by atoms with Gasteiger partial charge in [-0.25, -0.2) is 4.79 Å². The number of carbonyl (C=O) groups is 3. The summed E-state index contributed by atoms with van der Waals surface area (Å²) in [5, 5.41) is 3.31. The average Bonchev–Trinajstić information content (AvgIpc) is 3.12. The number of halogens is 1. The lowest BCUT2D eigenvalue weighted by Crippen LogP contribution is -2.31. The molecule has 0 aliphatic carbocycles. The van der Waals surface area contributed by atoms with Crippen molar-refractivity contribution in [1.82, 2.24) is 5.32 Å². The molecule has 1 aliphatic heterocycles. The molecule has 146 valence electrons. The highest BCUT2D eigenvalue weighted by atomic mass is 35.5. The SMILES string of the molecule is C[C@H](NC(=O)COC(=O)c1ccccc1N1CCCC1=O)c1ccccc1Cl. The molecule has 2 aromatic rings. The summed E-state index contributed by atoms with van der Waals surface area (Å²) in [6.07, 6.45) is 1.22. The van der Waals surface area contributed by atoms with Crippen LogP contribution in [0.2, 0.25) is 5.02 Å². The van der Waals surface area contributed by atoms with Gasteiger partial charge in [0, 0.05) is 18.0 Å². The number of esters is 1. The molecule has 0 bridgehead atoms. The van der Waals surface area contributed by atoms with E-state index in [-0.39, 0.29) is 17.5 Å². The van der Waals surface area contributed by atoms with Crippen LogP contribution in [0.25, 0.3) is 0 Å². The van der Waals surface area contributed by atoms with Crippen molar-refractivity contribution >= 4 is 35.1 Å². The zero-order valence-electron chi connectivity index (χ0n) is 15.5. The smallest absolute Gasteiger partial charge is 0.340 e. The van der Waals surface area contributed by atoms with Crippen LogP contribution >= 0.6 is 11.6 Å². The van der Waals surface area contributed by atoms with Crippen molar-refractivity contribution in [3.05, 3.63) is 64.7 Å². The first kappa shape index (κ1) is 19.9. The van der Waals surface area contributed by atoms with E-state index < -0.39 is 18.5 Å². The van der Waals surface area contributed by atoms with Crippen molar-refractivity contribution in [3.63, 3.8) is 0 Å². The molecule has 1 aliphatic rings. The van der Waals surface area contributed by atoms with E-state index in [1.807, 2.05) is 18.2 Å². The molecule has 0 saturated carbocycles. The number of rotatable bonds is 6. The van der Waals surface area contributed by atoms with Crippen molar-refractivity contribution < 1.29 is 19.1 Å². The standard InChI is InChI=1S/C21H21ClN2O4/c1-14(15-7-2-4-9-17(15)22)23-19(25)13-28-21(27)16-8-3-5-10-18(16)24-12-6-11-20(24)26/h2-5,7-10,14H,6,11-13H2,1H3,(H,23,25)/t14-/m0/s1. The van der Waals surface area contributed by atoms with Crippen LogP contribution in [0, 0.1) is 0 Å². The minimum Gasteiger partial charge on any atom is -0.452 e. The fourth-order valence-electron chi connectivity index (χ4n) is 3.18. The normalized spacial score (nSPS) is 14.6. The first-order valence-corrected chi connectivity index (χ1v) is 9.45. The van der Waals surface area contributed by atoms with E-state index in [1.165, 1.54) is 0 Å². The molecule has 2 aromatic carbocycles. The molecule has 3 rings (SSSR count). The van der Waals surface area contributed by atoms with Crippen LogP contribution < -0.4 is 10.2 Å². The minimum atomic E-state index is -0.643. The third kappa shape index (κ3) is 4.51. The lowest BCUT2D eigenvalue weighted by molar-refractivity contribution is -0.125. The van der Waals surface area contributed by atoms with Crippen molar-refractivity contribution in [3.8, 4) is 0 Å². The Balaban J connectivity index is 1.61. The van der Waals surface area contributed by atoms with E-state index in [0.717, 1.165) is 12.0 Å². The second-order valence-electron chi connectivity index (χ2n) is 6.55. The predicted octanol–water partition coefficient (Wildman–Crippen LogP) is 3.50. The van der Waals surface area contributed by atoms with Gasteiger partial charge in [0.15, 0.2) is 6.61 Å². The fourth-order valence-corrected chi connectivity index (χ4v) is 3.48. The molecular weight excluding hydrogens is 380 g/mol. The van der Waals surface area contributed by atoms with Gasteiger partial charge >= 0.3 is 5.97 Å². The number of benzene rings is 2. The summed E-state index contributed by atoms with van der Waals surface area (Å²) in [5.74, 6) is -1.10. The number of hydrogen-bond donors (Lipinski definition) is 1. The van der Waals surface area contributed by atoms with E-state index in [9.17, 15) is 14.4 Å². The number of para-hydroxylation sites is 1. The monoisotopic (exact) mass is 400 g/mol. The zero-order valence-corrected chi connectivity index (χ0v) is 16.2. The van der Waals surface area contributed by atoms with E-state index in [4.69, 9.17) is 16.3 Å². The number of amides is 2. The number of nitrogens with zero attached hydrogens (tertiary/aromatic N) is 1. The molecule has 1 fully saturated rings. The molecule has 1 saturated heterocycles. The van der Waals surface area contributed by atoms with Gasteiger partial charge in [-0.15, -0.1) is 0 Å². The fraction of sp³-hybridized carbons (Fsp3) is 0.286. The van der Waals surface area contributed by atoms with Crippen LogP contribution in [0.3, 0.4) is 0 Å². The molecule has 1 heterocycles. The quantitative estimate of drug-likeness (QED) is 0.753. The first-order valence-electron chi connectivity index (χ1n) is 9.07. The third-order valence-corrected chi connectivity index (χ3v) is 4.92. The van der Waals surface area contributed by atoms with Gasteiger partial charge in [0.05, 0.1) is 17.3 Å². The summed E-state index contributed by atoms with van der Waals surface area (Å²) in [5.41, 5.74) is 1.56. The maximum atomic E-state index is 12.5. The van der Waals surface area contributed by atoms with Gasteiger partial charge < -0.3 is 15.0 Å². The highest BCUT2D eigenvalue weighted by molar-refractivity contribution is 6.31. The Hall–Kier alpha value is -2.86. The Labute approximate surface area is 168 Å². The summed E-state index contributed by atoms with van der Waals surface area (Å²) in [6.45, 7) is 1.95. The maximum Gasteiger partial charge on any atom is 0.340 e.